The van der Waals surface area contributed by atoms with E-state index in [4.69, 9.17) is 9.47 Å². The molecule has 2 rings (SSSR count). The van der Waals surface area contributed by atoms with Gasteiger partial charge in [-0.2, -0.15) is 17.6 Å². The molecule has 0 spiro atoms. The SMILES string of the molecule is CC1(C)OC(=O)C(=Cc2cccc(OC(F)(F)C(F)F)c2)C(=O)O1. The van der Waals surface area contributed by atoms with Gasteiger partial charge in [0.1, 0.15) is 11.3 Å². The van der Waals surface area contributed by atoms with Gasteiger partial charge in [0.05, 0.1) is 0 Å². The van der Waals surface area contributed by atoms with Gasteiger partial charge < -0.3 is 14.2 Å². The first kappa shape index (κ1) is 17.8. The number of ether oxygens (including phenoxy) is 3. The van der Waals surface area contributed by atoms with Crippen molar-refractivity contribution < 1.29 is 41.4 Å². The van der Waals surface area contributed by atoms with E-state index in [0.717, 1.165) is 18.2 Å². The highest BCUT2D eigenvalue weighted by atomic mass is 19.3. The smallest absolute Gasteiger partial charge is 0.428 e. The van der Waals surface area contributed by atoms with Gasteiger partial charge >= 0.3 is 24.5 Å². The van der Waals surface area contributed by atoms with Crippen LogP contribution in [-0.4, -0.2) is 30.3 Å². The number of hydrogen-bond donors (Lipinski definition) is 0. The quantitative estimate of drug-likeness (QED) is 0.362. The molecule has 0 atom stereocenters. The Hall–Kier alpha value is -2.58. The molecule has 1 aromatic rings. The Kier molecular flexibility index (Phi) is 4.54. The largest absolute Gasteiger partial charge is 0.461 e. The second-order valence-electron chi connectivity index (χ2n) is 5.27. The van der Waals surface area contributed by atoms with Crippen LogP contribution in [0.1, 0.15) is 19.4 Å². The first-order valence-electron chi connectivity index (χ1n) is 6.63. The molecule has 1 aliphatic heterocycles. The van der Waals surface area contributed by atoms with E-state index < -0.39 is 41.6 Å². The van der Waals surface area contributed by atoms with Crippen LogP contribution in [0.3, 0.4) is 0 Å². The van der Waals surface area contributed by atoms with Crippen LogP contribution in [0.25, 0.3) is 6.08 Å². The minimum atomic E-state index is -4.67. The summed E-state index contributed by atoms with van der Waals surface area (Å²) >= 11 is 0. The zero-order chi connectivity index (χ0) is 18.1. The van der Waals surface area contributed by atoms with Gasteiger partial charge in [0.25, 0.3) is 5.79 Å². The van der Waals surface area contributed by atoms with Crippen LogP contribution in [0.5, 0.6) is 5.75 Å². The number of rotatable bonds is 4. The Balaban J connectivity index is 2.26. The summed E-state index contributed by atoms with van der Waals surface area (Å²) in [7, 11) is 0. The molecule has 0 aliphatic carbocycles. The minimum Gasteiger partial charge on any atom is -0.428 e. The van der Waals surface area contributed by atoms with Crippen molar-refractivity contribution >= 4 is 18.0 Å². The van der Waals surface area contributed by atoms with Gasteiger partial charge in [-0.25, -0.2) is 9.59 Å². The molecule has 9 heteroatoms. The molecule has 5 nitrogen and oxygen atoms in total. The van der Waals surface area contributed by atoms with Crippen molar-refractivity contribution in [2.45, 2.75) is 32.2 Å². The number of alkyl halides is 4. The van der Waals surface area contributed by atoms with Crippen LogP contribution in [0.2, 0.25) is 0 Å². The summed E-state index contributed by atoms with van der Waals surface area (Å²) < 4.78 is 63.7. The number of carbonyl (C=O) groups excluding carboxylic acids is 2. The summed E-state index contributed by atoms with van der Waals surface area (Å²) in [6.07, 6.45) is -7.66. The van der Waals surface area contributed by atoms with Gasteiger partial charge in [-0.3, -0.25) is 0 Å². The van der Waals surface area contributed by atoms with Crippen molar-refractivity contribution in [2.24, 2.45) is 0 Å². The lowest BCUT2D eigenvalue weighted by atomic mass is 10.1. The fraction of sp³-hybridized carbons (Fsp3) is 0.333. The molecule has 0 saturated carbocycles. The molecule has 0 aromatic heterocycles. The Morgan fingerprint density at radius 2 is 1.75 bits per heavy atom. The maximum absolute atomic E-state index is 12.9. The first-order valence-corrected chi connectivity index (χ1v) is 6.63. The standard InChI is InChI=1S/C15H12F4O5/c1-14(2)23-11(20)10(12(21)24-14)7-8-4-3-5-9(6-8)22-15(18,19)13(16)17/h3-7,13H,1-2H3. The fourth-order valence-electron chi connectivity index (χ4n) is 1.81. The van der Waals surface area contributed by atoms with E-state index in [2.05, 4.69) is 4.74 Å². The summed E-state index contributed by atoms with van der Waals surface area (Å²) in [5.41, 5.74) is -0.381. The number of hydrogen-bond acceptors (Lipinski definition) is 5. The molecular formula is C15H12F4O5. The molecular weight excluding hydrogens is 336 g/mol. The molecule has 1 saturated heterocycles. The van der Waals surface area contributed by atoms with Crippen molar-refractivity contribution in [1.29, 1.82) is 0 Å². The van der Waals surface area contributed by atoms with E-state index in [-0.39, 0.29) is 5.56 Å². The Bertz CT molecular complexity index is 675. The molecule has 0 unspecified atom stereocenters. The van der Waals surface area contributed by atoms with Crippen molar-refractivity contribution in [3.05, 3.63) is 35.4 Å². The monoisotopic (exact) mass is 348 g/mol. The lowest BCUT2D eigenvalue weighted by Gasteiger charge is -2.29. The highest BCUT2D eigenvalue weighted by molar-refractivity contribution is 6.18. The molecule has 1 fully saturated rings. The van der Waals surface area contributed by atoms with Crippen molar-refractivity contribution in [3.63, 3.8) is 0 Å². The normalized spacial score (nSPS) is 17.4. The summed E-state index contributed by atoms with van der Waals surface area (Å²) in [4.78, 5) is 23.6. The number of halogens is 4. The number of benzene rings is 1. The number of carbonyl (C=O) groups is 2. The molecule has 1 aliphatic rings. The average molecular weight is 348 g/mol. The molecule has 1 heterocycles. The van der Waals surface area contributed by atoms with Gasteiger partial charge in [0, 0.05) is 13.8 Å². The van der Waals surface area contributed by atoms with E-state index in [1.807, 2.05) is 0 Å². The van der Waals surface area contributed by atoms with E-state index in [1.165, 1.54) is 26.0 Å². The summed E-state index contributed by atoms with van der Waals surface area (Å²) in [5, 5.41) is 0. The molecule has 1 aromatic carbocycles. The summed E-state index contributed by atoms with van der Waals surface area (Å²) in [5.74, 6) is -3.90. The van der Waals surface area contributed by atoms with Crippen LogP contribution in [0.4, 0.5) is 17.6 Å². The molecule has 0 amide bonds. The highest BCUT2D eigenvalue weighted by Crippen LogP contribution is 2.29. The average Bonchev–Trinajstić information content (AvgIpc) is 2.41. The molecule has 0 N–H and O–H groups in total. The second-order valence-corrected chi connectivity index (χ2v) is 5.27. The Labute approximate surface area is 133 Å². The van der Waals surface area contributed by atoms with Gasteiger partial charge in [-0.05, 0) is 23.8 Å². The van der Waals surface area contributed by atoms with Crippen molar-refractivity contribution in [2.75, 3.05) is 0 Å². The third-order valence-electron chi connectivity index (χ3n) is 2.79. The maximum atomic E-state index is 12.9. The van der Waals surface area contributed by atoms with Gasteiger partial charge in [-0.15, -0.1) is 0 Å². The molecule has 130 valence electrons. The lowest BCUT2D eigenvalue weighted by Crippen LogP contribution is -2.41. The highest BCUT2D eigenvalue weighted by Gasteiger charge is 2.44. The maximum Gasteiger partial charge on any atom is 0.461 e. The van der Waals surface area contributed by atoms with Gasteiger partial charge in [0.2, 0.25) is 0 Å². The van der Waals surface area contributed by atoms with Gasteiger partial charge in [-0.1, -0.05) is 12.1 Å². The predicted molar refractivity (Wildman–Crippen MR) is 72.3 cm³/mol. The van der Waals surface area contributed by atoms with E-state index in [9.17, 15) is 27.2 Å². The fourth-order valence-corrected chi connectivity index (χ4v) is 1.81. The second kappa shape index (κ2) is 6.14. The lowest BCUT2D eigenvalue weighted by molar-refractivity contribution is -0.253. The van der Waals surface area contributed by atoms with Crippen LogP contribution in [-0.2, 0) is 19.1 Å². The Morgan fingerprint density at radius 3 is 2.29 bits per heavy atom. The molecule has 0 radical (unpaired) electrons. The van der Waals surface area contributed by atoms with E-state index in [1.54, 1.807) is 0 Å². The molecule has 0 bridgehead atoms. The van der Waals surface area contributed by atoms with Crippen molar-refractivity contribution in [3.8, 4) is 5.75 Å². The summed E-state index contributed by atoms with van der Waals surface area (Å²) in [6.45, 7) is 2.72. The van der Waals surface area contributed by atoms with Gasteiger partial charge in [0.15, 0.2) is 0 Å². The topological polar surface area (TPSA) is 61.8 Å². The van der Waals surface area contributed by atoms with Crippen LogP contribution in [0, 0.1) is 0 Å². The number of cyclic esters (lactones) is 2. The third kappa shape index (κ3) is 4.03. The van der Waals surface area contributed by atoms with E-state index in [0.29, 0.717) is 0 Å². The zero-order valence-corrected chi connectivity index (χ0v) is 12.5. The molecule has 24 heavy (non-hydrogen) atoms. The van der Waals surface area contributed by atoms with Crippen LogP contribution in [0.15, 0.2) is 29.8 Å². The minimum absolute atomic E-state index is 0.0844. The van der Waals surface area contributed by atoms with E-state index >= 15 is 0 Å². The number of esters is 2. The van der Waals surface area contributed by atoms with Crippen LogP contribution >= 0.6 is 0 Å². The third-order valence-corrected chi connectivity index (χ3v) is 2.79. The van der Waals surface area contributed by atoms with Crippen LogP contribution < -0.4 is 4.74 Å². The Morgan fingerprint density at radius 1 is 1.17 bits per heavy atom. The predicted octanol–water partition coefficient (Wildman–Crippen LogP) is 3.14. The summed E-state index contributed by atoms with van der Waals surface area (Å²) in [6, 6.07) is 4.57. The van der Waals surface area contributed by atoms with Crippen molar-refractivity contribution in [1.82, 2.24) is 0 Å². The zero-order valence-electron chi connectivity index (χ0n) is 12.5. The first-order chi connectivity index (χ1) is 11.0.